The van der Waals surface area contributed by atoms with Crippen LogP contribution in [-0.2, 0) is 9.22 Å². The number of unbranched alkanes of at least 4 members (excludes halogenated alkanes) is 7. The van der Waals surface area contributed by atoms with Gasteiger partial charge in [0.1, 0.15) is 0 Å². The van der Waals surface area contributed by atoms with E-state index in [4.69, 9.17) is 4.43 Å². The van der Waals surface area contributed by atoms with Gasteiger partial charge in [-0.2, -0.15) is 0 Å². The molecule has 18 heavy (non-hydrogen) atoms. The molecule has 0 spiro atoms. The summed E-state index contributed by atoms with van der Waals surface area (Å²) in [6.07, 6.45) is 9.04. The lowest BCUT2D eigenvalue weighted by Crippen LogP contribution is -2.28. The van der Waals surface area contributed by atoms with Crippen molar-refractivity contribution in [3.63, 3.8) is 0 Å². The van der Waals surface area contributed by atoms with Gasteiger partial charge in [-0.1, -0.05) is 38.5 Å². The molecule has 0 aliphatic heterocycles. The Morgan fingerprint density at radius 1 is 0.889 bits per heavy atom. The van der Waals surface area contributed by atoms with E-state index in [0.717, 1.165) is 25.7 Å². The second-order valence-corrected chi connectivity index (χ2v) is 10.3. The molecule has 4 heteroatoms. The molecule has 0 saturated carbocycles. The average Bonchev–Trinajstić information content (AvgIpc) is 2.24. The first kappa shape index (κ1) is 17.6. The minimum atomic E-state index is -1.69. The number of carbonyl (C=O) groups is 1. The molecule has 0 N–H and O–H groups in total. The van der Waals surface area contributed by atoms with Crippen molar-refractivity contribution in [2.75, 3.05) is 6.67 Å². The number of hydrogen-bond donors (Lipinski definition) is 0. The van der Waals surface area contributed by atoms with Gasteiger partial charge in [0, 0.05) is 6.42 Å². The third kappa shape index (κ3) is 13.7. The van der Waals surface area contributed by atoms with Crippen molar-refractivity contribution in [1.29, 1.82) is 0 Å². The highest BCUT2D eigenvalue weighted by atomic mass is 28.4. The Hall–Kier alpha value is -0.383. The third-order valence-electron chi connectivity index (χ3n) is 2.68. The fourth-order valence-corrected chi connectivity index (χ4v) is 2.60. The highest BCUT2D eigenvalue weighted by molar-refractivity contribution is 6.71. The van der Waals surface area contributed by atoms with E-state index in [1.54, 1.807) is 0 Å². The van der Waals surface area contributed by atoms with Gasteiger partial charge in [0.2, 0.25) is 8.32 Å². The lowest BCUT2D eigenvalue weighted by atomic mass is 10.1. The molecule has 0 saturated heterocycles. The Balaban J connectivity index is 3.23. The number of rotatable bonds is 11. The highest BCUT2D eigenvalue weighted by Crippen LogP contribution is 2.11. The van der Waals surface area contributed by atoms with E-state index in [0.29, 0.717) is 12.8 Å². The fourth-order valence-electron chi connectivity index (χ4n) is 1.82. The van der Waals surface area contributed by atoms with E-state index in [9.17, 15) is 9.18 Å². The number of alkyl halides is 1. The van der Waals surface area contributed by atoms with Crippen molar-refractivity contribution < 1.29 is 13.6 Å². The van der Waals surface area contributed by atoms with Crippen molar-refractivity contribution in [1.82, 2.24) is 0 Å². The van der Waals surface area contributed by atoms with Crippen LogP contribution in [0.4, 0.5) is 4.39 Å². The number of hydrogen-bond acceptors (Lipinski definition) is 2. The van der Waals surface area contributed by atoms with E-state index < -0.39 is 8.32 Å². The second-order valence-electron chi connectivity index (χ2n) is 5.85. The van der Waals surface area contributed by atoms with Gasteiger partial charge in [0.05, 0.1) is 6.67 Å². The van der Waals surface area contributed by atoms with Gasteiger partial charge in [0.15, 0.2) is 0 Å². The minimum absolute atomic E-state index is 0.0305. The number of halogens is 1. The minimum Gasteiger partial charge on any atom is -0.520 e. The van der Waals surface area contributed by atoms with Crippen LogP contribution >= 0.6 is 0 Å². The summed E-state index contributed by atoms with van der Waals surface area (Å²) in [6.45, 7) is 5.91. The van der Waals surface area contributed by atoms with E-state index in [2.05, 4.69) is 0 Å². The first-order valence-electron chi connectivity index (χ1n) is 7.23. The van der Waals surface area contributed by atoms with Crippen molar-refractivity contribution in [2.45, 2.75) is 77.4 Å². The Kier molecular flexibility index (Phi) is 10.3. The average molecular weight is 276 g/mol. The molecule has 0 aliphatic rings. The Labute approximate surface area is 112 Å². The van der Waals surface area contributed by atoms with Gasteiger partial charge in [-0.15, -0.1) is 0 Å². The van der Waals surface area contributed by atoms with Crippen LogP contribution in [0, 0.1) is 0 Å². The van der Waals surface area contributed by atoms with Crippen LogP contribution in [0.15, 0.2) is 0 Å². The van der Waals surface area contributed by atoms with Gasteiger partial charge >= 0.3 is 0 Å². The van der Waals surface area contributed by atoms with E-state index in [-0.39, 0.29) is 12.6 Å². The predicted molar refractivity (Wildman–Crippen MR) is 77.0 cm³/mol. The smallest absolute Gasteiger partial charge is 0.292 e. The zero-order valence-corrected chi connectivity index (χ0v) is 13.3. The van der Waals surface area contributed by atoms with Crippen LogP contribution in [0.1, 0.15) is 57.8 Å². The number of carbonyl (C=O) groups excluding carboxylic acids is 1. The van der Waals surface area contributed by atoms with Crippen molar-refractivity contribution in [3.8, 4) is 0 Å². The molecule has 0 fully saturated rings. The summed E-state index contributed by atoms with van der Waals surface area (Å²) < 4.78 is 17.2. The van der Waals surface area contributed by atoms with Crippen LogP contribution in [0.25, 0.3) is 0 Å². The zero-order valence-electron chi connectivity index (χ0n) is 12.3. The molecule has 2 nitrogen and oxygen atoms in total. The molecule has 0 radical (unpaired) electrons. The van der Waals surface area contributed by atoms with E-state index in [1.807, 2.05) is 19.6 Å². The Morgan fingerprint density at radius 2 is 1.33 bits per heavy atom. The second kappa shape index (κ2) is 10.5. The molecular weight excluding hydrogens is 247 g/mol. The van der Waals surface area contributed by atoms with Crippen LogP contribution < -0.4 is 0 Å². The van der Waals surface area contributed by atoms with Gasteiger partial charge in [-0.3, -0.25) is 9.18 Å². The van der Waals surface area contributed by atoms with Crippen LogP contribution in [0.2, 0.25) is 19.6 Å². The molecule has 0 atom stereocenters. The molecule has 0 heterocycles. The summed E-state index contributed by atoms with van der Waals surface area (Å²) in [5.74, 6) is -0.0305. The summed E-state index contributed by atoms with van der Waals surface area (Å²) in [5.41, 5.74) is 0. The predicted octanol–water partition coefficient (Wildman–Crippen LogP) is 4.84. The summed E-state index contributed by atoms with van der Waals surface area (Å²) in [6, 6.07) is 0. The monoisotopic (exact) mass is 276 g/mol. The summed E-state index contributed by atoms with van der Waals surface area (Å²) in [7, 11) is -1.69. The molecule has 0 amide bonds. The van der Waals surface area contributed by atoms with Gasteiger partial charge < -0.3 is 4.43 Å². The molecule has 0 bridgehead atoms. The Bertz CT molecular complexity index is 214. The fraction of sp³-hybridized carbons (Fsp3) is 0.929. The van der Waals surface area contributed by atoms with Crippen molar-refractivity contribution in [3.05, 3.63) is 0 Å². The van der Waals surface area contributed by atoms with E-state index in [1.165, 1.54) is 19.3 Å². The largest absolute Gasteiger partial charge is 0.520 e. The highest BCUT2D eigenvalue weighted by Gasteiger charge is 2.19. The third-order valence-corrected chi connectivity index (χ3v) is 3.52. The van der Waals surface area contributed by atoms with Crippen molar-refractivity contribution in [2.24, 2.45) is 0 Å². The van der Waals surface area contributed by atoms with Crippen LogP contribution in [0.5, 0.6) is 0 Å². The maximum atomic E-state index is 11.8. The van der Waals surface area contributed by atoms with E-state index >= 15 is 0 Å². The maximum absolute atomic E-state index is 11.8. The lowest BCUT2D eigenvalue weighted by molar-refractivity contribution is -0.135. The first-order valence-corrected chi connectivity index (χ1v) is 10.6. The lowest BCUT2D eigenvalue weighted by Gasteiger charge is -2.17. The SMILES string of the molecule is C[Si](C)(C)OC(=O)CCCCCCCCCCF. The molecule has 0 rings (SSSR count). The molecule has 0 aromatic carbocycles. The van der Waals surface area contributed by atoms with Gasteiger partial charge in [-0.05, 0) is 32.5 Å². The molecule has 108 valence electrons. The van der Waals surface area contributed by atoms with Gasteiger partial charge in [0.25, 0.3) is 5.97 Å². The summed E-state index contributed by atoms with van der Waals surface area (Å²) in [4.78, 5) is 11.4. The molecular formula is C14H29FO2Si. The standard InChI is InChI=1S/C14H29FO2Si/c1-18(2,3)17-14(16)12-10-8-6-4-5-7-9-11-13-15/h4-13H2,1-3H3. The molecule has 0 aliphatic carbocycles. The molecule has 0 aromatic heterocycles. The first-order chi connectivity index (χ1) is 8.45. The Morgan fingerprint density at radius 3 is 1.78 bits per heavy atom. The van der Waals surface area contributed by atoms with Crippen LogP contribution in [-0.4, -0.2) is 21.0 Å². The topological polar surface area (TPSA) is 26.3 Å². The summed E-state index contributed by atoms with van der Waals surface area (Å²) in [5, 5.41) is 0. The summed E-state index contributed by atoms with van der Waals surface area (Å²) >= 11 is 0. The maximum Gasteiger partial charge on any atom is 0.292 e. The molecule has 0 unspecified atom stereocenters. The van der Waals surface area contributed by atoms with Gasteiger partial charge in [-0.25, -0.2) is 0 Å². The van der Waals surface area contributed by atoms with Crippen molar-refractivity contribution >= 4 is 14.3 Å². The normalized spacial score (nSPS) is 11.6. The van der Waals surface area contributed by atoms with Crippen LogP contribution in [0.3, 0.4) is 0 Å². The quantitative estimate of drug-likeness (QED) is 0.398. The zero-order chi connectivity index (χ0) is 13.9. The molecule has 0 aromatic rings.